The molecule has 2 N–H and O–H groups in total. The molecular weight excluding hydrogens is 364 g/mol. The number of para-hydroxylation sites is 1. The molecule has 0 unspecified atom stereocenters. The number of nitrogens with zero attached hydrogens (tertiary/aromatic N) is 2. The van der Waals surface area contributed by atoms with Crippen molar-refractivity contribution in [3.05, 3.63) is 29.8 Å². The Morgan fingerprint density at radius 2 is 1.90 bits per heavy atom. The number of rotatable bonds is 11. The summed E-state index contributed by atoms with van der Waals surface area (Å²) < 4.78 is 11.2. The molecule has 0 bridgehead atoms. The van der Waals surface area contributed by atoms with Gasteiger partial charge in [-0.25, -0.2) is 4.99 Å². The fourth-order valence-corrected chi connectivity index (χ4v) is 3.65. The minimum atomic E-state index is 0.631. The van der Waals surface area contributed by atoms with Gasteiger partial charge in [0.2, 0.25) is 0 Å². The normalized spacial score (nSPS) is 18.6. The molecule has 0 aromatic heterocycles. The zero-order chi connectivity index (χ0) is 20.3. The average molecular weight is 403 g/mol. The zero-order valence-electron chi connectivity index (χ0n) is 18.2. The molecule has 0 atom stereocenters. The zero-order valence-corrected chi connectivity index (χ0v) is 18.2. The van der Waals surface area contributed by atoms with Gasteiger partial charge in [-0.15, -0.1) is 0 Å². The second-order valence-electron chi connectivity index (χ2n) is 8.22. The average Bonchev–Trinajstić information content (AvgIpc) is 3.58. The number of guanidine groups is 1. The first-order valence-electron chi connectivity index (χ1n) is 11.2. The SMILES string of the molecule is CCNC(=NCc1ccccc1OCC1CC1)NCC1CCN(CCOC)CC1. The molecule has 2 aliphatic rings. The number of hydrogen-bond acceptors (Lipinski definition) is 4. The highest BCUT2D eigenvalue weighted by atomic mass is 16.5. The lowest BCUT2D eigenvalue weighted by atomic mass is 9.97. The van der Waals surface area contributed by atoms with Gasteiger partial charge in [0.25, 0.3) is 0 Å². The summed E-state index contributed by atoms with van der Waals surface area (Å²) in [7, 11) is 1.77. The fourth-order valence-electron chi connectivity index (χ4n) is 3.65. The molecular formula is C23H38N4O2. The van der Waals surface area contributed by atoms with Crippen LogP contribution >= 0.6 is 0 Å². The summed E-state index contributed by atoms with van der Waals surface area (Å²) in [6.45, 7) is 9.61. The van der Waals surface area contributed by atoms with Gasteiger partial charge in [0.05, 0.1) is 19.8 Å². The maximum absolute atomic E-state index is 6.02. The lowest BCUT2D eigenvalue weighted by Crippen LogP contribution is -2.43. The predicted molar refractivity (Wildman–Crippen MR) is 119 cm³/mol. The van der Waals surface area contributed by atoms with Crippen molar-refractivity contribution in [1.82, 2.24) is 15.5 Å². The second-order valence-corrected chi connectivity index (χ2v) is 8.22. The van der Waals surface area contributed by atoms with Crippen molar-refractivity contribution < 1.29 is 9.47 Å². The molecule has 6 heteroatoms. The van der Waals surface area contributed by atoms with Crippen LogP contribution in [-0.2, 0) is 11.3 Å². The van der Waals surface area contributed by atoms with Gasteiger partial charge in [0.1, 0.15) is 5.75 Å². The van der Waals surface area contributed by atoms with E-state index in [0.717, 1.165) is 69.1 Å². The lowest BCUT2D eigenvalue weighted by Gasteiger charge is -2.32. The Balaban J connectivity index is 1.46. The topological polar surface area (TPSA) is 58.1 Å². The highest BCUT2D eigenvalue weighted by Gasteiger charge is 2.22. The third-order valence-corrected chi connectivity index (χ3v) is 5.77. The van der Waals surface area contributed by atoms with Crippen molar-refractivity contribution in [2.75, 3.05) is 53.0 Å². The Morgan fingerprint density at radius 3 is 2.62 bits per heavy atom. The molecule has 1 aliphatic carbocycles. The molecule has 2 fully saturated rings. The Labute approximate surface area is 176 Å². The summed E-state index contributed by atoms with van der Waals surface area (Å²) in [6.07, 6.45) is 5.07. The summed E-state index contributed by atoms with van der Waals surface area (Å²) in [6, 6.07) is 8.28. The predicted octanol–water partition coefficient (Wildman–Crippen LogP) is 2.89. The number of ether oxygens (including phenoxy) is 2. The number of piperidine rings is 1. The molecule has 1 heterocycles. The van der Waals surface area contributed by atoms with Gasteiger partial charge in [0.15, 0.2) is 5.96 Å². The van der Waals surface area contributed by atoms with E-state index in [9.17, 15) is 0 Å². The van der Waals surface area contributed by atoms with E-state index < -0.39 is 0 Å². The number of methoxy groups -OCH3 is 1. The van der Waals surface area contributed by atoms with E-state index in [-0.39, 0.29) is 0 Å². The molecule has 6 nitrogen and oxygen atoms in total. The molecule has 1 saturated heterocycles. The highest BCUT2D eigenvalue weighted by Crippen LogP contribution is 2.30. The Kier molecular flexibility index (Phi) is 9.09. The minimum absolute atomic E-state index is 0.631. The van der Waals surface area contributed by atoms with Crippen LogP contribution in [0.5, 0.6) is 5.75 Å². The Hall–Kier alpha value is -1.79. The van der Waals surface area contributed by atoms with E-state index in [0.29, 0.717) is 12.5 Å². The molecule has 29 heavy (non-hydrogen) atoms. The maximum atomic E-state index is 6.02. The van der Waals surface area contributed by atoms with Crippen LogP contribution in [0.2, 0.25) is 0 Å². The van der Waals surface area contributed by atoms with Crippen molar-refractivity contribution in [2.45, 2.75) is 39.2 Å². The Morgan fingerprint density at radius 1 is 1.10 bits per heavy atom. The van der Waals surface area contributed by atoms with Crippen LogP contribution in [-0.4, -0.2) is 63.9 Å². The monoisotopic (exact) mass is 402 g/mol. The lowest BCUT2D eigenvalue weighted by molar-refractivity contribution is 0.121. The minimum Gasteiger partial charge on any atom is -0.493 e. The van der Waals surface area contributed by atoms with E-state index >= 15 is 0 Å². The van der Waals surface area contributed by atoms with E-state index in [1.807, 2.05) is 6.07 Å². The van der Waals surface area contributed by atoms with E-state index in [1.54, 1.807) is 7.11 Å². The van der Waals surface area contributed by atoms with E-state index in [1.165, 1.54) is 25.7 Å². The van der Waals surface area contributed by atoms with E-state index in [2.05, 4.69) is 40.7 Å². The molecule has 1 saturated carbocycles. The first kappa shape index (κ1) is 21.9. The van der Waals surface area contributed by atoms with Crippen LogP contribution < -0.4 is 15.4 Å². The third-order valence-electron chi connectivity index (χ3n) is 5.77. The number of hydrogen-bond donors (Lipinski definition) is 2. The fraction of sp³-hybridized carbons (Fsp3) is 0.696. The van der Waals surface area contributed by atoms with Crippen LogP contribution in [0.1, 0.15) is 38.2 Å². The van der Waals surface area contributed by atoms with Crippen molar-refractivity contribution in [3.63, 3.8) is 0 Å². The maximum Gasteiger partial charge on any atom is 0.191 e. The number of benzene rings is 1. The quantitative estimate of drug-likeness (QED) is 0.440. The van der Waals surface area contributed by atoms with Crippen LogP contribution in [0, 0.1) is 11.8 Å². The van der Waals surface area contributed by atoms with Crippen molar-refractivity contribution in [1.29, 1.82) is 0 Å². The molecule has 0 spiro atoms. The molecule has 0 amide bonds. The van der Waals surface area contributed by atoms with E-state index in [4.69, 9.17) is 14.5 Å². The van der Waals surface area contributed by atoms with Crippen LogP contribution in [0.15, 0.2) is 29.3 Å². The molecule has 1 aromatic rings. The molecule has 0 radical (unpaired) electrons. The van der Waals surface area contributed by atoms with Crippen molar-refractivity contribution in [3.8, 4) is 5.75 Å². The first-order valence-corrected chi connectivity index (χ1v) is 11.2. The van der Waals surface area contributed by atoms with Gasteiger partial charge in [-0.3, -0.25) is 0 Å². The van der Waals surface area contributed by atoms with Crippen LogP contribution in [0.4, 0.5) is 0 Å². The summed E-state index contributed by atoms with van der Waals surface area (Å²) >= 11 is 0. The van der Waals surface area contributed by atoms with Crippen molar-refractivity contribution in [2.24, 2.45) is 16.8 Å². The third kappa shape index (κ3) is 7.86. The van der Waals surface area contributed by atoms with Gasteiger partial charge < -0.3 is 25.0 Å². The summed E-state index contributed by atoms with van der Waals surface area (Å²) in [5, 5.41) is 6.93. The molecule has 1 aliphatic heterocycles. The largest absolute Gasteiger partial charge is 0.493 e. The van der Waals surface area contributed by atoms with Gasteiger partial charge in [0, 0.05) is 32.3 Å². The molecule has 162 valence electrons. The van der Waals surface area contributed by atoms with Gasteiger partial charge in [-0.05, 0) is 63.6 Å². The number of likely N-dealkylation sites (tertiary alicyclic amines) is 1. The summed E-state index contributed by atoms with van der Waals surface area (Å²) in [5.74, 6) is 3.33. The smallest absolute Gasteiger partial charge is 0.191 e. The van der Waals surface area contributed by atoms with Gasteiger partial charge in [-0.1, -0.05) is 18.2 Å². The standard InChI is InChI=1S/C23H38N4O2/c1-3-24-23(25-16-19-10-12-27(13-11-19)14-15-28-2)26-17-21-6-4-5-7-22(21)29-18-20-8-9-20/h4-7,19-20H,3,8-18H2,1-2H3,(H2,24,25,26). The summed E-state index contributed by atoms with van der Waals surface area (Å²) in [4.78, 5) is 7.31. The van der Waals surface area contributed by atoms with Crippen molar-refractivity contribution >= 4 is 5.96 Å². The number of nitrogens with one attached hydrogen (secondary N) is 2. The van der Waals surface area contributed by atoms with Crippen LogP contribution in [0.25, 0.3) is 0 Å². The second kappa shape index (κ2) is 12.0. The van der Waals surface area contributed by atoms with Gasteiger partial charge >= 0.3 is 0 Å². The Bertz CT molecular complexity index is 625. The highest BCUT2D eigenvalue weighted by molar-refractivity contribution is 5.79. The van der Waals surface area contributed by atoms with Crippen LogP contribution in [0.3, 0.4) is 0 Å². The number of aliphatic imine (C=N–C) groups is 1. The molecule has 1 aromatic carbocycles. The summed E-state index contributed by atoms with van der Waals surface area (Å²) in [5.41, 5.74) is 1.15. The van der Waals surface area contributed by atoms with Gasteiger partial charge in [-0.2, -0.15) is 0 Å². The first-order chi connectivity index (χ1) is 14.3. The molecule has 3 rings (SSSR count).